The van der Waals surface area contributed by atoms with Crippen LogP contribution in [-0.4, -0.2) is 22.4 Å². The van der Waals surface area contributed by atoms with Crippen LogP contribution in [0, 0.1) is 0 Å². The van der Waals surface area contributed by atoms with E-state index in [-0.39, 0.29) is 5.88 Å². The van der Waals surface area contributed by atoms with Crippen LogP contribution in [0.3, 0.4) is 0 Å². The molecule has 1 aromatic heterocycles. The average molecular weight is 238 g/mol. The number of carbonyl (C=O) groups is 1. The van der Waals surface area contributed by atoms with Gasteiger partial charge in [-0.1, -0.05) is 0 Å². The Labute approximate surface area is 88.4 Å². The molecule has 1 heterocycles. The number of alkyl halides is 2. The van der Waals surface area contributed by atoms with Gasteiger partial charge in [0, 0.05) is 6.07 Å². The standard InChI is InChI=1S/C8H6ClF2NO3/c1-15-4-2-3(7(9)14)6(13)5(12-4)8(10)11/h2,8,13H,1H3. The normalized spacial score (nSPS) is 10.5. The van der Waals surface area contributed by atoms with Crippen molar-refractivity contribution in [1.29, 1.82) is 0 Å². The van der Waals surface area contributed by atoms with Crippen LogP contribution in [0.15, 0.2) is 6.07 Å². The molecule has 82 valence electrons. The van der Waals surface area contributed by atoms with E-state index in [1.54, 1.807) is 0 Å². The van der Waals surface area contributed by atoms with Crippen molar-refractivity contribution >= 4 is 16.8 Å². The van der Waals surface area contributed by atoms with E-state index < -0.39 is 28.7 Å². The second-order valence-corrected chi connectivity index (χ2v) is 2.86. The minimum absolute atomic E-state index is 0.216. The predicted octanol–water partition coefficient (Wildman–Crippen LogP) is 2.11. The molecule has 0 amide bonds. The molecule has 0 radical (unpaired) electrons. The molecule has 0 atom stereocenters. The highest BCUT2D eigenvalue weighted by Crippen LogP contribution is 2.32. The zero-order chi connectivity index (χ0) is 11.6. The van der Waals surface area contributed by atoms with Crippen molar-refractivity contribution < 1.29 is 23.4 Å². The Morgan fingerprint density at radius 3 is 2.67 bits per heavy atom. The van der Waals surface area contributed by atoms with E-state index in [2.05, 4.69) is 9.72 Å². The van der Waals surface area contributed by atoms with E-state index in [1.807, 2.05) is 0 Å². The fraction of sp³-hybridized carbons (Fsp3) is 0.250. The molecule has 0 aliphatic rings. The number of methoxy groups -OCH3 is 1. The lowest BCUT2D eigenvalue weighted by Crippen LogP contribution is -2.01. The van der Waals surface area contributed by atoms with Gasteiger partial charge >= 0.3 is 0 Å². The van der Waals surface area contributed by atoms with Crippen molar-refractivity contribution in [2.75, 3.05) is 7.11 Å². The number of rotatable bonds is 3. The first-order chi connectivity index (χ1) is 6.97. The van der Waals surface area contributed by atoms with E-state index in [4.69, 9.17) is 11.6 Å². The molecule has 4 nitrogen and oxygen atoms in total. The van der Waals surface area contributed by atoms with E-state index in [0.717, 1.165) is 6.07 Å². The smallest absolute Gasteiger partial charge is 0.284 e. The molecule has 0 bridgehead atoms. The Morgan fingerprint density at radius 1 is 1.67 bits per heavy atom. The summed E-state index contributed by atoms with van der Waals surface area (Å²) in [6.45, 7) is 0. The van der Waals surface area contributed by atoms with Crippen LogP contribution < -0.4 is 4.74 Å². The van der Waals surface area contributed by atoms with Gasteiger partial charge in [-0.15, -0.1) is 0 Å². The highest BCUT2D eigenvalue weighted by Gasteiger charge is 2.22. The molecule has 1 N–H and O–H groups in total. The molecule has 0 aromatic carbocycles. The highest BCUT2D eigenvalue weighted by atomic mass is 35.5. The largest absolute Gasteiger partial charge is 0.505 e. The summed E-state index contributed by atoms with van der Waals surface area (Å²) in [5.41, 5.74) is -1.39. The van der Waals surface area contributed by atoms with Crippen molar-refractivity contribution in [3.63, 3.8) is 0 Å². The zero-order valence-electron chi connectivity index (χ0n) is 7.50. The van der Waals surface area contributed by atoms with E-state index in [0.29, 0.717) is 0 Å². The van der Waals surface area contributed by atoms with Gasteiger partial charge in [0.25, 0.3) is 11.7 Å². The van der Waals surface area contributed by atoms with Gasteiger partial charge in [-0.3, -0.25) is 4.79 Å². The number of aromatic hydroxyl groups is 1. The molecule has 0 saturated heterocycles. The molecule has 1 rings (SSSR count). The molecular weight excluding hydrogens is 232 g/mol. The van der Waals surface area contributed by atoms with Crippen molar-refractivity contribution in [2.45, 2.75) is 6.43 Å². The first-order valence-electron chi connectivity index (χ1n) is 3.73. The maximum Gasteiger partial charge on any atom is 0.284 e. The minimum atomic E-state index is -3.02. The highest BCUT2D eigenvalue weighted by molar-refractivity contribution is 6.68. The van der Waals surface area contributed by atoms with Crippen LogP contribution in [0.25, 0.3) is 0 Å². The molecule has 0 saturated carbocycles. The van der Waals surface area contributed by atoms with Gasteiger partial charge in [0.15, 0.2) is 11.4 Å². The summed E-state index contributed by atoms with van der Waals surface area (Å²) < 4.78 is 29.3. The van der Waals surface area contributed by atoms with Gasteiger partial charge in [0.05, 0.1) is 12.7 Å². The number of ether oxygens (including phenoxy) is 1. The van der Waals surface area contributed by atoms with Crippen LogP contribution in [0.4, 0.5) is 8.78 Å². The SMILES string of the molecule is COc1cc(C(=O)Cl)c(O)c(C(F)F)n1. The molecule has 1 aromatic rings. The van der Waals surface area contributed by atoms with E-state index in [1.165, 1.54) is 7.11 Å². The lowest BCUT2D eigenvalue weighted by molar-refractivity contribution is 0.107. The Morgan fingerprint density at radius 2 is 2.27 bits per heavy atom. The second kappa shape index (κ2) is 4.39. The van der Waals surface area contributed by atoms with Crippen LogP contribution in [0.1, 0.15) is 22.5 Å². The zero-order valence-corrected chi connectivity index (χ0v) is 8.26. The number of hydrogen-bond donors (Lipinski definition) is 1. The molecule has 7 heteroatoms. The quantitative estimate of drug-likeness (QED) is 0.818. The summed E-state index contributed by atoms with van der Waals surface area (Å²) in [5.74, 6) is -1.14. The molecule has 0 aliphatic heterocycles. The fourth-order valence-corrected chi connectivity index (χ4v) is 1.08. The number of hydrogen-bond acceptors (Lipinski definition) is 4. The van der Waals surface area contributed by atoms with Crippen LogP contribution in [0.2, 0.25) is 0 Å². The molecule has 0 unspecified atom stereocenters. The summed E-state index contributed by atoms with van der Waals surface area (Å²) in [5, 5.41) is 8.19. The van der Waals surface area contributed by atoms with Gasteiger partial charge in [0.1, 0.15) is 0 Å². The predicted molar refractivity (Wildman–Crippen MR) is 47.6 cm³/mol. The molecular formula is C8H6ClF2NO3. The van der Waals surface area contributed by atoms with Crippen molar-refractivity contribution in [3.05, 3.63) is 17.3 Å². The van der Waals surface area contributed by atoms with Crippen LogP contribution in [-0.2, 0) is 0 Å². The summed E-state index contributed by atoms with van der Waals surface area (Å²) in [6.07, 6.45) is -3.02. The third-order valence-corrected chi connectivity index (χ3v) is 1.83. The molecule has 0 aliphatic carbocycles. The van der Waals surface area contributed by atoms with E-state index in [9.17, 15) is 18.7 Å². The van der Waals surface area contributed by atoms with Gasteiger partial charge in [-0.2, -0.15) is 0 Å². The number of carbonyl (C=O) groups excluding carboxylic acids is 1. The second-order valence-electron chi connectivity index (χ2n) is 2.52. The number of aromatic nitrogens is 1. The lowest BCUT2D eigenvalue weighted by atomic mass is 10.2. The van der Waals surface area contributed by atoms with Gasteiger partial charge in [-0.05, 0) is 11.6 Å². The van der Waals surface area contributed by atoms with Crippen molar-refractivity contribution in [1.82, 2.24) is 4.98 Å². The topological polar surface area (TPSA) is 59.4 Å². The van der Waals surface area contributed by atoms with Gasteiger partial charge in [0.2, 0.25) is 5.88 Å². The summed E-state index contributed by atoms with van der Waals surface area (Å²) >= 11 is 5.09. The average Bonchev–Trinajstić information content (AvgIpc) is 2.17. The summed E-state index contributed by atoms with van der Waals surface area (Å²) in [4.78, 5) is 14.1. The maximum absolute atomic E-state index is 12.4. The minimum Gasteiger partial charge on any atom is -0.505 e. The Balaban J connectivity index is 3.40. The number of pyridine rings is 1. The third kappa shape index (κ3) is 2.33. The van der Waals surface area contributed by atoms with Gasteiger partial charge < -0.3 is 9.84 Å². The monoisotopic (exact) mass is 237 g/mol. The number of nitrogens with zero attached hydrogens (tertiary/aromatic N) is 1. The summed E-state index contributed by atoms with van der Waals surface area (Å²) in [7, 11) is 1.19. The van der Waals surface area contributed by atoms with Gasteiger partial charge in [-0.25, -0.2) is 13.8 Å². The third-order valence-electron chi connectivity index (χ3n) is 1.62. The number of halogens is 3. The Hall–Kier alpha value is -1.43. The van der Waals surface area contributed by atoms with Crippen molar-refractivity contribution in [3.8, 4) is 11.6 Å². The first-order valence-corrected chi connectivity index (χ1v) is 4.11. The van der Waals surface area contributed by atoms with Crippen molar-refractivity contribution in [2.24, 2.45) is 0 Å². The molecule has 0 spiro atoms. The first kappa shape index (κ1) is 11.6. The Bertz CT molecular complexity index is 398. The Kier molecular flexibility index (Phi) is 3.41. The molecule has 0 fully saturated rings. The maximum atomic E-state index is 12.4. The summed E-state index contributed by atoms with van der Waals surface area (Å²) in [6, 6.07) is 0.983. The fourth-order valence-electron chi connectivity index (χ4n) is 0.940. The van der Waals surface area contributed by atoms with Crippen LogP contribution in [0.5, 0.6) is 11.6 Å². The lowest BCUT2D eigenvalue weighted by Gasteiger charge is -2.08. The van der Waals surface area contributed by atoms with Crippen LogP contribution >= 0.6 is 11.6 Å². The molecule has 15 heavy (non-hydrogen) atoms. The van der Waals surface area contributed by atoms with E-state index >= 15 is 0 Å².